The number of nitro groups is 1. The minimum absolute atomic E-state index is 0.103. The lowest BCUT2D eigenvalue weighted by Gasteiger charge is -2.19. The molecule has 3 rings (SSSR count). The first-order valence-electron chi connectivity index (χ1n) is 9.58. The Balaban J connectivity index is 1.95. The Labute approximate surface area is 170 Å². The number of aryl methyl sites for hydroxylation is 1. The number of nitrogens with zero attached hydrogens (tertiary/aromatic N) is 3. The minimum Gasteiger partial charge on any atom is -0.271 e. The fraction of sp³-hybridized carbons (Fsp3) is 0.350. The Morgan fingerprint density at radius 3 is 2.55 bits per heavy atom. The maximum absolute atomic E-state index is 12.7. The number of anilines is 1. The number of nitrogens with one attached hydrogen (secondary N) is 1. The van der Waals surface area contributed by atoms with Crippen molar-refractivity contribution < 1.29 is 13.3 Å². The molecule has 29 heavy (non-hydrogen) atoms. The first kappa shape index (κ1) is 20.9. The van der Waals surface area contributed by atoms with Gasteiger partial charge in [0.2, 0.25) is 10.0 Å². The van der Waals surface area contributed by atoms with Gasteiger partial charge in [0.1, 0.15) is 5.69 Å². The van der Waals surface area contributed by atoms with Gasteiger partial charge in [0.25, 0.3) is 5.69 Å². The summed E-state index contributed by atoms with van der Waals surface area (Å²) in [4.78, 5) is 10.9. The van der Waals surface area contributed by atoms with Gasteiger partial charge < -0.3 is 0 Å². The van der Waals surface area contributed by atoms with E-state index >= 15 is 0 Å². The van der Waals surface area contributed by atoms with Gasteiger partial charge >= 0.3 is 0 Å². The van der Waals surface area contributed by atoms with E-state index in [0.29, 0.717) is 13.1 Å². The van der Waals surface area contributed by atoms with Crippen molar-refractivity contribution in [2.75, 3.05) is 18.5 Å². The number of fused-ring (bicyclic) bond motifs is 1. The maximum Gasteiger partial charge on any atom is 0.295 e. The van der Waals surface area contributed by atoms with E-state index in [1.165, 1.54) is 22.0 Å². The Morgan fingerprint density at radius 1 is 1.14 bits per heavy atom. The molecule has 1 N–H and O–H groups in total. The van der Waals surface area contributed by atoms with Crippen molar-refractivity contribution in [3.05, 3.63) is 63.7 Å². The first-order chi connectivity index (χ1) is 13.9. The van der Waals surface area contributed by atoms with Crippen LogP contribution in [0.1, 0.15) is 37.8 Å². The largest absolute Gasteiger partial charge is 0.295 e. The van der Waals surface area contributed by atoms with Gasteiger partial charge in [-0.1, -0.05) is 38.1 Å². The number of nitro benzene ring substituents is 1. The number of hydrazone groups is 1. The molecule has 0 atom stereocenters. The maximum atomic E-state index is 12.7. The number of sulfonamides is 1. The second kappa shape index (κ2) is 8.71. The van der Waals surface area contributed by atoms with Gasteiger partial charge in [0.05, 0.1) is 15.5 Å². The summed E-state index contributed by atoms with van der Waals surface area (Å²) in [6.07, 6.45) is 2.71. The summed E-state index contributed by atoms with van der Waals surface area (Å²) in [5.41, 5.74) is 5.68. The number of hydrogen-bond donors (Lipinski definition) is 1. The summed E-state index contributed by atoms with van der Waals surface area (Å²) in [5, 5.41) is 16.0. The lowest BCUT2D eigenvalue weighted by Crippen LogP contribution is -2.30. The van der Waals surface area contributed by atoms with Crippen LogP contribution in [0.15, 0.2) is 52.5 Å². The van der Waals surface area contributed by atoms with Gasteiger partial charge in [-0.05, 0) is 37.0 Å². The van der Waals surface area contributed by atoms with Gasteiger partial charge in [-0.25, -0.2) is 8.42 Å². The van der Waals surface area contributed by atoms with E-state index < -0.39 is 14.9 Å². The fourth-order valence-corrected chi connectivity index (χ4v) is 4.95. The molecule has 0 bridgehead atoms. The summed E-state index contributed by atoms with van der Waals surface area (Å²) in [6.45, 7) is 4.03. The molecule has 2 aromatic carbocycles. The topological polar surface area (TPSA) is 105 Å². The second-order valence-electron chi connectivity index (χ2n) is 6.71. The molecule has 0 aliphatic heterocycles. The average Bonchev–Trinajstić information content (AvgIpc) is 2.72. The average molecular weight is 417 g/mol. The van der Waals surface area contributed by atoms with Crippen LogP contribution in [-0.2, 0) is 16.4 Å². The number of hydrogen-bond acceptors (Lipinski definition) is 6. The molecule has 154 valence electrons. The molecule has 8 nitrogen and oxygen atoms in total. The van der Waals surface area contributed by atoms with Gasteiger partial charge in [-0.15, -0.1) is 0 Å². The normalized spacial score (nSPS) is 15.3. The molecule has 2 aromatic rings. The van der Waals surface area contributed by atoms with Crippen LogP contribution < -0.4 is 5.43 Å². The van der Waals surface area contributed by atoms with Crippen LogP contribution in [0.5, 0.6) is 0 Å². The zero-order valence-electron chi connectivity index (χ0n) is 16.5. The van der Waals surface area contributed by atoms with Gasteiger partial charge in [0.15, 0.2) is 0 Å². The van der Waals surface area contributed by atoms with Crippen LogP contribution in [0.2, 0.25) is 0 Å². The summed E-state index contributed by atoms with van der Waals surface area (Å²) in [7, 11) is -3.78. The van der Waals surface area contributed by atoms with Crippen molar-refractivity contribution in [2.45, 2.75) is 38.0 Å². The summed E-state index contributed by atoms with van der Waals surface area (Å²) < 4.78 is 26.6. The Bertz CT molecular complexity index is 1050. The minimum atomic E-state index is -3.78. The van der Waals surface area contributed by atoms with Crippen molar-refractivity contribution in [1.82, 2.24) is 4.31 Å². The van der Waals surface area contributed by atoms with E-state index in [4.69, 9.17) is 0 Å². The van der Waals surface area contributed by atoms with Crippen LogP contribution in [0, 0.1) is 10.1 Å². The molecule has 0 spiro atoms. The van der Waals surface area contributed by atoms with Crippen LogP contribution in [-0.4, -0.2) is 36.4 Å². The van der Waals surface area contributed by atoms with E-state index in [1.54, 1.807) is 13.8 Å². The summed E-state index contributed by atoms with van der Waals surface area (Å²) >= 11 is 0. The van der Waals surface area contributed by atoms with E-state index in [2.05, 4.69) is 16.6 Å². The van der Waals surface area contributed by atoms with E-state index in [-0.39, 0.29) is 16.3 Å². The zero-order valence-corrected chi connectivity index (χ0v) is 17.3. The van der Waals surface area contributed by atoms with Crippen molar-refractivity contribution in [2.24, 2.45) is 5.10 Å². The monoisotopic (exact) mass is 416 g/mol. The smallest absolute Gasteiger partial charge is 0.271 e. The standard InChI is InChI=1S/C20H24N4O4S/c1-3-23(4-2)29(27,28)16-12-13-19(20(14-16)24(25)26)22-21-18-11-7-9-15-8-5-6-10-17(15)18/h5-6,8,10,12-14,22H,3-4,7,9,11H2,1-2H3/b21-18+. The third-order valence-corrected chi connectivity index (χ3v) is 7.05. The van der Waals surface area contributed by atoms with Crippen LogP contribution in [0.25, 0.3) is 0 Å². The number of rotatable bonds is 7. The summed E-state index contributed by atoms with van der Waals surface area (Å²) in [5.74, 6) is 0. The first-order valence-corrected chi connectivity index (χ1v) is 11.0. The van der Waals surface area contributed by atoms with Crippen LogP contribution in [0.4, 0.5) is 11.4 Å². The molecular formula is C20H24N4O4S. The van der Waals surface area contributed by atoms with Gasteiger partial charge in [-0.3, -0.25) is 15.5 Å². The van der Waals surface area contributed by atoms with Crippen molar-refractivity contribution in [3.63, 3.8) is 0 Å². The molecule has 9 heteroatoms. The van der Waals surface area contributed by atoms with E-state index in [1.807, 2.05) is 18.2 Å². The SMILES string of the molecule is CCN(CC)S(=O)(=O)c1ccc(N/N=C2\CCCc3ccccc32)c([N+](=O)[O-])c1. The van der Waals surface area contributed by atoms with Crippen molar-refractivity contribution >= 4 is 27.1 Å². The molecule has 0 saturated heterocycles. The van der Waals surface area contributed by atoms with Crippen molar-refractivity contribution in [3.8, 4) is 0 Å². The Kier molecular flexibility index (Phi) is 6.29. The molecule has 0 saturated carbocycles. The van der Waals surface area contributed by atoms with Gasteiger partial charge in [-0.2, -0.15) is 9.41 Å². The molecule has 1 aliphatic carbocycles. The predicted molar refractivity (Wildman–Crippen MR) is 113 cm³/mol. The zero-order chi connectivity index (χ0) is 21.0. The molecule has 0 aromatic heterocycles. The molecule has 0 radical (unpaired) electrons. The highest BCUT2D eigenvalue weighted by Crippen LogP contribution is 2.30. The quantitative estimate of drug-likeness (QED) is 0.546. The lowest BCUT2D eigenvalue weighted by molar-refractivity contribution is -0.384. The second-order valence-corrected chi connectivity index (χ2v) is 8.64. The predicted octanol–water partition coefficient (Wildman–Crippen LogP) is 3.78. The molecular weight excluding hydrogens is 392 g/mol. The van der Waals surface area contributed by atoms with Crippen LogP contribution >= 0.6 is 0 Å². The third-order valence-electron chi connectivity index (χ3n) is 5.01. The molecule has 0 fully saturated rings. The molecule has 0 amide bonds. The van der Waals surface area contributed by atoms with E-state index in [9.17, 15) is 18.5 Å². The van der Waals surface area contributed by atoms with Crippen LogP contribution in [0.3, 0.4) is 0 Å². The fourth-order valence-electron chi connectivity index (χ4n) is 3.47. The molecule has 0 unspecified atom stereocenters. The highest BCUT2D eigenvalue weighted by molar-refractivity contribution is 7.89. The Morgan fingerprint density at radius 2 is 1.86 bits per heavy atom. The third kappa shape index (κ3) is 4.30. The Hall–Kier alpha value is -2.78. The van der Waals surface area contributed by atoms with E-state index in [0.717, 1.165) is 36.6 Å². The highest BCUT2D eigenvalue weighted by atomic mass is 32.2. The summed E-state index contributed by atoms with van der Waals surface area (Å²) in [6, 6.07) is 11.8. The molecule has 0 heterocycles. The van der Waals surface area contributed by atoms with Crippen molar-refractivity contribution in [1.29, 1.82) is 0 Å². The number of benzene rings is 2. The lowest BCUT2D eigenvalue weighted by atomic mass is 9.90. The highest BCUT2D eigenvalue weighted by Gasteiger charge is 2.26. The van der Waals surface area contributed by atoms with Gasteiger partial charge in [0, 0.05) is 24.7 Å². The molecule has 1 aliphatic rings.